The fourth-order valence-corrected chi connectivity index (χ4v) is 4.21. The number of nitrogens with one attached hydrogen (secondary N) is 1. The molecule has 0 saturated carbocycles. The first-order valence-corrected chi connectivity index (χ1v) is 11.1. The zero-order valence-electron chi connectivity index (χ0n) is 15.6. The lowest BCUT2D eigenvalue weighted by molar-refractivity contribution is 0.0978. The van der Waals surface area contributed by atoms with Gasteiger partial charge in [-0.3, -0.25) is 14.4 Å². The summed E-state index contributed by atoms with van der Waals surface area (Å²) in [5.41, 5.74) is 0.931. The van der Waals surface area contributed by atoms with Gasteiger partial charge in [-0.25, -0.2) is 8.42 Å². The summed E-state index contributed by atoms with van der Waals surface area (Å²) < 4.78 is 23.2. The number of carbonyl (C=O) groups excluding carboxylic acids is 3. The smallest absolute Gasteiger partial charge is 0.255 e. The number of halogens is 1. The second-order valence-corrected chi connectivity index (χ2v) is 9.22. The molecule has 6 nitrogen and oxygen atoms in total. The maximum atomic E-state index is 13.1. The summed E-state index contributed by atoms with van der Waals surface area (Å²) in [5, 5.41) is 2.75. The molecule has 0 atom stereocenters. The number of hydrogen-bond acceptors (Lipinski definition) is 5. The molecular weight excluding hydrogens is 426 g/mol. The number of rotatable bonds is 3. The van der Waals surface area contributed by atoms with E-state index in [0.29, 0.717) is 0 Å². The molecule has 0 aliphatic heterocycles. The molecule has 3 aromatic rings. The predicted molar refractivity (Wildman–Crippen MR) is 112 cm³/mol. The van der Waals surface area contributed by atoms with Crippen molar-refractivity contribution in [3.8, 4) is 0 Å². The van der Waals surface area contributed by atoms with E-state index in [0.717, 1.165) is 6.26 Å². The number of amides is 1. The third-order valence-electron chi connectivity index (χ3n) is 4.82. The summed E-state index contributed by atoms with van der Waals surface area (Å²) in [4.78, 5) is 38.8. The monoisotopic (exact) mass is 439 g/mol. The molecule has 0 saturated heterocycles. The lowest BCUT2D eigenvalue weighted by Crippen LogP contribution is -2.24. The van der Waals surface area contributed by atoms with Crippen LogP contribution < -0.4 is 5.32 Å². The van der Waals surface area contributed by atoms with E-state index >= 15 is 0 Å². The second kappa shape index (κ2) is 7.19. The summed E-state index contributed by atoms with van der Waals surface area (Å²) >= 11 is 6.21. The quantitative estimate of drug-likeness (QED) is 0.524. The van der Waals surface area contributed by atoms with Gasteiger partial charge in [-0.2, -0.15) is 0 Å². The number of benzene rings is 3. The minimum absolute atomic E-state index is 0.0345. The Hall–Kier alpha value is -3.29. The van der Waals surface area contributed by atoms with Crippen LogP contribution in [0.25, 0.3) is 0 Å². The van der Waals surface area contributed by atoms with Crippen LogP contribution in [-0.4, -0.2) is 32.1 Å². The number of sulfone groups is 1. The molecule has 0 aromatic heterocycles. The second-order valence-electron chi connectivity index (χ2n) is 6.80. The molecule has 1 aliphatic rings. The van der Waals surface area contributed by atoms with Gasteiger partial charge < -0.3 is 5.32 Å². The summed E-state index contributed by atoms with van der Waals surface area (Å²) in [6.07, 6.45) is 1.07. The van der Waals surface area contributed by atoms with Gasteiger partial charge in [0.2, 0.25) is 0 Å². The number of hydrogen-bond donors (Lipinski definition) is 1. The van der Waals surface area contributed by atoms with Crippen LogP contribution in [-0.2, 0) is 9.84 Å². The molecule has 0 bridgehead atoms. The van der Waals surface area contributed by atoms with Gasteiger partial charge >= 0.3 is 0 Å². The maximum absolute atomic E-state index is 13.1. The highest BCUT2D eigenvalue weighted by Gasteiger charge is 2.33. The van der Waals surface area contributed by atoms with Crippen LogP contribution in [0.1, 0.15) is 42.2 Å². The summed E-state index contributed by atoms with van der Waals surface area (Å²) in [6, 6.07) is 14.7. The molecule has 0 heterocycles. The van der Waals surface area contributed by atoms with Gasteiger partial charge in [-0.15, -0.1) is 0 Å². The predicted octanol–water partition coefficient (Wildman–Crippen LogP) is 3.77. The van der Waals surface area contributed by atoms with Gasteiger partial charge in [0, 0.05) is 22.9 Å². The Kier molecular flexibility index (Phi) is 4.80. The average molecular weight is 440 g/mol. The van der Waals surface area contributed by atoms with Crippen LogP contribution in [0, 0.1) is 0 Å². The van der Waals surface area contributed by atoms with Crippen molar-refractivity contribution < 1.29 is 22.8 Å². The zero-order chi connectivity index (χ0) is 21.6. The van der Waals surface area contributed by atoms with Crippen molar-refractivity contribution in [2.45, 2.75) is 4.90 Å². The normalized spacial score (nSPS) is 12.9. The highest BCUT2D eigenvalue weighted by Crippen LogP contribution is 2.36. The summed E-state index contributed by atoms with van der Waals surface area (Å²) in [5.74, 6) is -1.36. The Morgan fingerprint density at radius 2 is 1.40 bits per heavy atom. The average Bonchev–Trinajstić information content (AvgIpc) is 2.72. The standard InChI is InChI=1S/C22H14ClNO5S/c1-30(28,29)13-8-6-12(7-9-13)22(27)24-17-11-10-16(23)18-19(17)21(26)15-5-3-2-4-14(15)20(18)25/h2-11H,1H3,(H,24,27). The van der Waals surface area contributed by atoms with E-state index in [9.17, 15) is 22.8 Å². The van der Waals surface area contributed by atoms with Crippen molar-refractivity contribution in [1.29, 1.82) is 0 Å². The Balaban J connectivity index is 1.74. The van der Waals surface area contributed by atoms with Crippen molar-refractivity contribution in [3.63, 3.8) is 0 Å². The first-order valence-electron chi connectivity index (χ1n) is 8.81. The zero-order valence-corrected chi connectivity index (χ0v) is 17.2. The molecule has 0 fully saturated rings. The van der Waals surface area contributed by atoms with Crippen LogP contribution in [0.2, 0.25) is 5.02 Å². The topological polar surface area (TPSA) is 97.4 Å². The highest BCUT2D eigenvalue weighted by molar-refractivity contribution is 7.90. The fourth-order valence-electron chi connectivity index (χ4n) is 3.34. The third-order valence-corrected chi connectivity index (χ3v) is 6.26. The maximum Gasteiger partial charge on any atom is 0.255 e. The molecule has 0 radical (unpaired) electrons. The van der Waals surface area contributed by atoms with E-state index < -0.39 is 21.5 Å². The van der Waals surface area contributed by atoms with E-state index in [1.54, 1.807) is 24.3 Å². The fraction of sp³-hybridized carbons (Fsp3) is 0.0455. The first kappa shape index (κ1) is 20.0. The van der Waals surface area contributed by atoms with Crippen molar-refractivity contribution in [2.75, 3.05) is 11.6 Å². The van der Waals surface area contributed by atoms with Crippen LogP contribution in [0.3, 0.4) is 0 Å². The van der Waals surface area contributed by atoms with Gasteiger partial charge in [-0.1, -0.05) is 35.9 Å². The van der Waals surface area contributed by atoms with Crippen molar-refractivity contribution in [1.82, 2.24) is 0 Å². The van der Waals surface area contributed by atoms with Crippen molar-refractivity contribution in [3.05, 3.63) is 93.5 Å². The van der Waals surface area contributed by atoms with Crippen LogP contribution in [0.4, 0.5) is 5.69 Å². The van der Waals surface area contributed by atoms with Crippen LogP contribution >= 0.6 is 11.6 Å². The van der Waals surface area contributed by atoms with Crippen LogP contribution in [0.5, 0.6) is 0 Å². The summed E-state index contributed by atoms with van der Waals surface area (Å²) in [7, 11) is -3.39. The molecule has 1 aliphatic carbocycles. The van der Waals surface area contributed by atoms with Gasteiger partial charge in [0.25, 0.3) is 5.91 Å². The molecule has 3 aromatic carbocycles. The third kappa shape index (κ3) is 3.32. The van der Waals surface area contributed by atoms with Crippen molar-refractivity contribution in [2.24, 2.45) is 0 Å². The van der Waals surface area contributed by atoms with E-state index in [1.807, 2.05) is 0 Å². The van der Waals surface area contributed by atoms with Crippen LogP contribution in [0.15, 0.2) is 65.6 Å². The molecule has 1 amide bonds. The van der Waals surface area contributed by atoms with Gasteiger partial charge in [0.1, 0.15) is 0 Å². The number of carbonyl (C=O) groups is 3. The Morgan fingerprint density at radius 1 is 0.833 bits per heavy atom. The molecule has 1 N–H and O–H groups in total. The lowest BCUT2D eigenvalue weighted by atomic mass is 9.83. The molecule has 8 heteroatoms. The Labute approximate surface area is 177 Å². The number of anilines is 1. The van der Waals surface area contributed by atoms with E-state index in [-0.39, 0.29) is 49.2 Å². The largest absolute Gasteiger partial charge is 0.321 e. The first-order chi connectivity index (χ1) is 14.2. The van der Waals surface area contributed by atoms with E-state index in [4.69, 9.17) is 11.6 Å². The molecule has 4 rings (SSSR count). The lowest BCUT2D eigenvalue weighted by Gasteiger charge is -2.21. The molecule has 0 unspecified atom stereocenters. The van der Waals surface area contributed by atoms with E-state index in [1.165, 1.54) is 36.4 Å². The van der Waals surface area contributed by atoms with Crippen molar-refractivity contribution >= 4 is 44.6 Å². The van der Waals surface area contributed by atoms with E-state index in [2.05, 4.69) is 5.32 Å². The van der Waals surface area contributed by atoms with Gasteiger partial charge in [0.15, 0.2) is 21.4 Å². The molecule has 150 valence electrons. The summed E-state index contributed by atoms with van der Waals surface area (Å²) in [6.45, 7) is 0. The molecule has 0 spiro atoms. The SMILES string of the molecule is CS(=O)(=O)c1ccc(C(=O)Nc2ccc(Cl)c3c2C(=O)c2ccccc2C3=O)cc1. The van der Waals surface area contributed by atoms with Gasteiger partial charge in [0.05, 0.1) is 26.7 Å². The minimum atomic E-state index is -3.39. The Morgan fingerprint density at radius 3 is 1.97 bits per heavy atom. The number of fused-ring (bicyclic) bond motifs is 2. The van der Waals surface area contributed by atoms with Gasteiger partial charge in [-0.05, 0) is 36.4 Å². The Bertz CT molecular complexity index is 1340. The number of ketones is 2. The molecule has 30 heavy (non-hydrogen) atoms. The highest BCUT2D eigenvalue weighted by atomic mass is 35.5. The minimum Gasteiger partial charge on any atom is -0.321 e. The molecular formula is C22H14ClNO5S.